The van der Waals surface area contributed by atoms with Gasteiger partial charge in [-0.25, -0.2) is 4.98 Å². The van der Waals surface area contributed by atoms with E-state index in [2.05, 4.69) is 25.8 Å². The number of amides is 1. The SMILES string of the molecule is CN(C(=O)Cl)c1nc(C(C)(C)C)cs1. The topological polar surface area (TPSA) is 33.2 Å². The predicted molar refractivity (Wildman–Crippen MR) is 60.5 cm³/mol. The van der Waals surface area contributed by atoms with Gasteiger partial charge in [-0.2, -0.15) is 0 Å². The van der Waals surface area contributed by atoms with E-state index in [0.29, 0.717) is 5.13 Å². The maximum atomic E-state index is 10.9. The maximum absolute atomic E-state index is 10.9. The van der Waals surface area contributed by atoms with E-state index in [1.54, 1.807) is 7.05 Å². The molecule has 5 heteroatoms. The quantitative estimate of drug-likeness (QED) is 0.550. The van der Waals surface area contributed by atoms with Crippen molar-refractivity contribution in [2.24, 2.45) is 0 Å². The van der Waals surface area contributed by atoms with Crippen molar-refractivity contribution in [1.29, 1.82) is 0 Å². The molecule has 1 heterocycles. The summed E-state index contributed by atoms with van der Waals surface area (Å²) in [4.78, 5) is 16.5. The molecule has 1 aromatic heterocycles. The molecule has 3 nitrogen and oxygen atoms in total. The van der Waals surface area contributed by atoms with Gasteiger partial charge in [0.25, 0.3) is 0 Å². The van der Waals surface area contributed by atoms with Gasteiger partial charge in [-0.15, -0.1) is 11.3 Å². The molecule has 0 atom stereocenters. The molecule has 0 saturated carbocycles. The number of hydrogen-bond donors (Lipinski definition) is 0. The summed E-state index contributed by atoms with van der Waals surface area (Å²) in [5.74, 6) is 0. The monoisotopic (exact) mass is 232 g/mol. The zero-order chi connectivity index (χ0) is 10.9. The van der Waals surface area contributed by atoms with Crippen LogP contribution in [0.25, 0.3) is 0 Å². The molecule has 0 fully saturated rings. The smallest absolute Gasteiger partial charge is 0.278 e. The highest BCUT2D eigenvalue weighted by molar-refractivity contribution is 7.14. The fourth-order valence-electron chi connectivity index (χ4n) is 0.838. The van der Waals surface area contributed by atoms with Crippen LogP contribution < -0.4 is 4.90 Å². The molecule has 0 aromatic carbocycles. The molecule has 0 aliphatic carbocycles. The predicted octanol–water partition coefficient (Wildman–Crippen LogP) is 3.24. The molecule has 0 aliphatic rings. The molecule has 0 bridgehead atoms. The highest BCUT2D eigenvalue weighted by Gasteiger charge is 2.19. The zero-order valence-corrected chi connectivity index (χ0v) is 10.2. The molecule has 0 unspecified atom stereocenters. The Hall–Kier alpha value is -0.610. The van der Waals surface area contributed by atoms with Crippen molar-refractivity contribution >= 4 is 33.4 Å². The van der Waals surface area contributed by atoms with Crippen LogP contribution in [0.2, 0.25) is 0 Å². The van der Waals surface area contributed by atoms with E-state index in [0.717, 1.165) is 5.69 Å². The Morgan fingerprint density at radius 2 is 2.14 bits per heavy atom. The zero-order valence-electron chi connectivity index (χ0n) is 8.67. The van der Waals surface area contributed by atoms with Crippen molar-refractivity contribution in [1.82, 2.24) is 4.98 Å². The molecule has 0 N–H and O–H groups in total. The number of carbonyl (C=O) groups is 1. The summed E-state index contributed by atoms with van der Waals surface area (Å²) in [5.41, 5.74) is 0.979. The van der Waals surface area contributed by atoms with E-state index in [4.69, 9.17) is 11.6 Å². The van der Waals surface area contributed by atoms with Crippen molar-refractivity contribution in [3.63, 3.8) is 0 Å². The minimum atomic E-state index is -0.514. The van der Waals surface area contributed by atoms with Gasteiger partial charge in [-0.3, -0.25) is 9.69 Å². The Labute approximate surface area is 92.7 Å². The van der Waals surface area contributed by atoms with Gasteiger partial charge in [0.15, 0.2) is 5.13 Å². The highest BCUT2D eigenvalue weighted by atomic mass is 35.5. The Morgan fingerprint density at radius 3 is 2.50 bits per heavy atom. The van der Waals surface area contributed by atoms with Crippen molar-refractivity contribution < 1.29 is 4.79 Å². The summed E-state index contributed by atoms with van der Waals surface area (Å²) in [7, 11) is 1.61. The number of anilines is 1. The van der Waals surface area contributed by atoms with E-state index < -0.39 is 5.37 Å². The van der Waals surface area contributed by atoms with E-state index >= 15 is 0 Å². The van der Waals surface area contributed by atoms with Gasteiger partial charge in [-0.05, 0) is 11.6 Å². The molecule has 14 heavy (non-hydrogen) atoms. The van der Waals surface area contributed by atoms with Crippen molar-refractivity contribution in [3.05, 3.63) is 11.1 Å². The first kappa shape index (κ1) is 11.5. The number of hydrogen-bond acceptors (Lipinski definition) is 3. The second-order valence-corrected chi connectivity index (χ2v) is 5.24. The minimum absolute atomic E-state index is 0.00491. The Kier molecular flexibility index (Phi) is 3.17. The summed E-state index contributed by atoms with van der Waals surface area (Å²) in [5, 5.41) is 2.07. The van der Waals surface area contributed by atoms with Crippen molar-refractivity contribution in [2.75, 3.05) is 11.9 Å². The van der Waals surface area contributed by atoms with Gasteiger partial charge in [0.05, 0.1) is 5.69 Å². The normalized spacial score (nSPS) is 11.5. The highest BCUT2D eigenvalue weighted by Crippen LogP contribution is 2.28. The standard InChI is InChI=1S/C9H13ClN2OS/c1-9(2,3)6-5-14-8(11-6)12(4)7(10)13/h5H,1-4H3. The van der Waals surface area contributed by atoms with E-state index in [9.17, 15) is 4.79 Å². The molecule has 0 radical (unpaired) electrons. The van der Waals surface area contributed by atoms with Crippen LogP contribution >= 0.6 is 22.9 Å². The van der Waals surface area contributed by atoms with Crippen LogP contribution in [0.4, 0.5) is 9.93 Å². The van der Waals surface area contributed by atoms with E-state index in [1.165, 1.54) is 16.2 Å². The lowest BCUT2D eigenvalue weighted by Crippen LogP contribution is -2.20. The lowest BCUT2D eigenvalue weighted by atomic mass is 9.93. The Morgan fingerprint density at radius 1 is 1.57 bits per heavy atom. The number of halogens is 1. The van der Waals surface area contributed by atoms with Gasteiger partial charge in [0.1, 0.15) is 0 Å². The Bertz CT molecular complexity index is 343. The summed E-state index contributed by atoms with van der Waals surface area (Å²) in [6.07, 6.45) is 0. The average molecular weight is 233 g/mol. The van der Waals surface area contributed by atoms with Crippen LogP contribution in [-0.2, 0) is 5.41 Å². The molecule has 1 rings (SSSR count). The average Bonchev–Trinajstić information content (AvgIpc) is 2.49. The van der Waals surface area contributed by atoms with Crippen LogP contribution in [0.3, 0.4) is 0 Å². The second-order valence-electron chi connectivity index (χ2n) is 4.08. The second kappa shape index (κ2) is 3.87. The fraction of sp³-hybridized carbons (Fsp3) is 0.556. The number of aromatic nitrogens is 1. The first-order valence-corrected chi connectivity index (χ1v) is 5.47. The van der Waals surface area contributed by atoms with Crippen LogP contribution in [0, 0.1) is 0 Å². The lowest BCUT2D eigenvalue weighted by Gasteiger charge is -2.14. The van der Waals surface area contributed by atoms with Gasteiger partial charge in [0, 0.05) is 17.8 Å². The molecule has 0 spiro atoms. The van der Waals surface area contributed by atoms with E-state index in [-0.39, 0.29) is 5.41 Å². The maximum Gasteiger partial charge on any atom is 0.322 e. The van der Waals surface area contributed by atoms with Gasteiger partial charge < -0.3 is 0 Å². The van der Waals surface area contributed by atoms with E-state index in [1.807, 2.05) is 5.38 Å². The molecule has 0 aliphatic heterocycles. The van der Waals surface area contributed by atoms with Crippen LogP contribution in [0.5, 0.6) is 0 Å². The third kappa shape index (κ3) is 2.45. The third-order valence-corrected chi connectivity index (χ3v) is 2.98. The molecule has 1 amide bonds. The first-order chi connectivity index (χ1) is 6.32. The molecular weight excluding hydrogens is 220 g/mol. The lowest BCUT2D eigenvalue weighted by molar-refractivity contribution is 0.265. The fourth-order valence-corrected chi connectivity index (χ4v) is 1.98. The summed E-state index contributed by atoms with van der Waals surface area (Å²) >= 11 is 6.76. The number of carbonyl (C=O) groups excluding carboxylic acids is 1. The minimum Gasteiger partial charge on any atom is -0.278 e. The van der Waals surface area contributed by atoms with Gasteiger partial charge in [0.2, 0.25) is 0 Å². The molecule has 1 aromatic rings. The van der Waals surface area contributed by atoms with Crippen molar-refractivity contribution in [2.45, 2.75) is 26.2 Å². The van der Waals surface area contributed by atoms with Crippen LogP contribution in [-0.4, -0.2) is 17.4 Å². The third-order valence-electron chi connectivity index (χ3n) is 1.81. The van der Waals surface area contributed by atoms with Crippen molar-refractivity contribution in [3.8, 4) is 0 Å². The van der Waals surface area contributed by atoms with Crippen LogP contribution in [0.1, 0.15) is 26.5 Å². The largest absolute Gasteiger partial charge is 0.322 e. The first-order valence-electron chi connectivity index (χ1n) is 4.21. The number of nitrogens with zero attached hydrogens (tertiary/aromatic N) is 2. The van der Waals surface area contributed by atoms with Gasteiger partial charge in [-0.1, -0.05) is 20.8 Å². The summed E-state index contributed by atoms with van der Waals surface area (Å²) in [6.45, 7) is 6.23. The molecule has 0 saturated heterocycles. The number of rotatable bonds is 1. The Balaban J connectivity index is 2.94. The van der Waals surface area contributed by atoms with Gasteiger partial charge >= 0.3 is 5.37 Å². The van der Waals surface area contributed by atoms with Crippen LogP contribution in [0.15, 0.2) is 5.38 Å². The number of thiazole rings is 1. The summed E-state index contributed by atoms with van der Waals surface area (Å²) < 4.78 is 0. The molecule has 78 valence electrons. The molecular formula is C9H13ClN2OS. The summed E-state index contributed by atoms with van der Waals surface area (Å²) in [6, 6.07) is 0.